The minimum atomic E-state index is -0.0147. The van der Waals surface area contributed by atoms with Gasteiger partial charge in [-0.15, -0.1) is 0 Å². The Morgan fingerprint density at radius 2 is 1.75 bits per heavy atom. The number of rotatable bonds is 4. The first-order chi connectivity index (χ1) is 9.52. The van der Waals surface area contributed by atoms with Gasteiger partial charge in [-0.2, -0.15) is 0 Å². The molecule has 2 N–H and O–H groups in total. The van der Waals surface area contributed by atoms with E-state index in [1.54, 1.807) is 0 Å². The smallest absolute Gasteiger partial charge is 0.133 e. The SMILES string of the molecule is CC[C@@H](N)c1ccccc1Oc1c(C)cc(Cl)cc1C. The van der Waals surface area contributed by atoms with Crippen LogP contribution in [-0.2, 0) is 0 Å². The molecule has 20 heavy (non-hydrogen) atoms. The van der Waals surface area contributed by atoms with Crippen LogP contribution in [0, 0.1) is 13.8 Å². The van der Waals surface area contributed by atoms with Gasteiger partial charge in [0.15, 0.2) is 0 Å². The zero-order valence-electron chi connectivity index (χ0n) is 12.1. The van der Waals surface area contributed by atoms with Gasteiger partial charge in [0, 0.05) is 16.6 Å². The summed E-state index contributed by atoms with van der Waals surface area (Å²) >= 11 is 6.05. The minimum absolute atomic E-state index is 0.0147. The molecule has 0 heterocycles. The quantitative estimate of drug-likeness (QED) is 0.844. The van der Waals surface area contributed by atoms with Gasteiger partial charge in [-0.3, -0.25) is 0 Å². The second kappa shape index (κ2) is 6.29. The predicted octanol–water partition coefficient (Wildman–Crippen LogP) is 5.16. The van der Waals surface area contributed by atoms with Crippen LogP contribution in [0.2, 0.25) is 5.02 Å². The van der Waals surface area contributed by atoms with Crippen molar-refractivity contribution in [1.82, 2.24) is 0 Å². The maximum Gasteiger partial charge on any atom is 0.133 e. The molecule has 0 fully saturated rings. The lowest BCUT2D eigenvalue weighted by atomic mass is 10.0. The number of hydrogen-bond donors (Lipinski definition) is 1. The summed E-state index contributed by atoms with van der Waals surface area (Å²) in [5, 5.41) is 0.728. The standard InChI is InChI=1S/C17H20ClNO/c1-4-15(19)14-7-5-6-8-16(14)20-17-11(2)9-13(18)10-12(17)3/h5-10,15H,4,19H2,1-3H3/t15-/m1/s1. The van der Waals surface area contributed by atoms with Gasteiger partial charge in [0.25, 0.3) is 0 Å². The van der Waals surface area contributed by atoms with Gasteiger partial charge in [0.05, 0.1) is 0 Å². The first-order valence-electron chi connectivity index (χ1n) is 6.82. The summed E-state index contributed by atoms with van der Waals surface area (Å²) < 4.78 is 6.11. The van der Waals surface area contributed by atoms with Crippen molar-refractivity contribution in [3.05, 3.63) is 58.1 Å². The van der Waals surface area contributed by atoms with Gasteiger partial charge in [0.2, 0.25) is 0 Å². The van der Waals surface area contributed by atoms with E-state index in [2.05, 4.69) is 6.92 Å². The Kier molecular flexibility index (Phi) is 4.69. The van der Waals surface area contributed by atoms with Crippen LogP contribution >= 0.6 is 11.6 Å². The van der Waals surface area contributed by atoms with E-state index in [1.807, 2.05) is 50.2 Å². The highest BCUT2D eigenvalue weighted by molar-refractivity contribution is 6.30. The molecule has 0 aliphatic carbocycles. The van der Waals surface area contributed by atoms with E-state index < -0.39 is 0 Å². The fourth-order valence-corrected chi connectivity index (χ4v) is 2.60. The van der Waals surface area contributed by atoms with E-state index in [0.717, 1.165) is 39.6 Å². The lowest BCUT2D eigenvalue weighted by Crippen LogP contribution is -2.10. The molecule has 1 atom stereocenters. The molecular formula is C17H20ClNO. The van der Waals surface area contributed by atoms with Crippen molar-refractivity contribution >= 4 is 11.6 Å². The van der Waals surface area contributed by atoms with Crippen molar-refractivity contribution in [2.24, 2.45) is 5.73 Å². The zero-order chi connectivity index (χ0) is 14.7. The molecule has 0 radical (unpaired) electrons. The topological polar surface area (TPSA) is 35.2 Å². The van der Waals surface area contributed by atoms with Crippen molar-refractivity contribution in [1.29, 1.82) is 0 Å². The molecule has 0 spiro atoms. The highest BCUT2D eigenvalue weighted by Crippen LogP contribution is 2.34. The number of ether oxygens (including phenoxy) is 1. The molecule has 0 aliphatic heterocycles. The average Bonchev–Trinajstić information content (AvgIpc) is 2.42. The third kappa shape index (κ3) is 3.14. The van der Waals surface area contributed by atoms with Crippen LogP contribution in [0.5, 0.6) is 11.5 Å². The molecule has 0 bridgehead atoms. The Morgan fingerprint density at radius 3 is 2.35 bits per heavy atom. The highest BCUT2D eigenvalue weighted by atomic mass is 35.5. The van der Waals surface area contributed by atoms with Crippen LogP contribution < -0.4 is 10.5 Å². The Balaban J connectivity index is 2.41. The summed E-state index contributed by atoms with van der Waals surface area (Å²) in [6.45, 7) is 6.06. The molecule has 0 saturated heterocycles. The van der Waals surface area contributed by atoms with Crippen molar-refractivity contribution < 1.29 is 4.74 Å². The van der Waals surface area contributed by atoms with Gasteiger partial charge >= 0.3 is 0 Å². The Morgan fingerprint density at radius 1 is 1.15 bits per heavy atom. The second-order valence-electron chi connectivity index (χ2n) is 5.02. The third-order valence-electron chi connectivity index (χ3n) is 3.40. The van der Waals surface area contributed by atoms with Crippen molar-refractivity contribution in [2.45, 2.75) is 33.2 Å². The fraction of sp³-hybridized carbons (Fsp3) is 0.294. The van der Waals surface area contributed by atoms with E-state index >= 15 is 0 Å². The molecule has 3 heteroatoms. The Labute approximate surface area is 125 Å². The normalized spacial score (nSPS) is 12.2. The molecule has 0 aliphatic rings. The Bertz CT molecular complexity index is 587. The summed E-state index contributed by atoms with van der Waals surface area (Å²) in [7, 11) is 0. The summed E-state index contributed by atoms with van der Waals surface area (Å²) in [6, 6.07) is 11.7. The van der Waals surface area contributed by atoms with Crippen LogP contribution in [-0.4, -0.2) is 0 Å². The predicted molar refractivity (Wildman–Crippen MR) is 84.7 cm³/mol. The molecule has 2 rings (SSSR count). The van der Waals surface area contributed by atoms with Gasteiger partial charge < -0.3 is 10.5 Å². The largest absolute Gasteiger partial charge is 0.456 e. The van der Waals surface area contributed by atoms with E-state index in [1.165, 1.54) is 0 Å². The Hall–Kier alpha value is -1.51. The molecule has 106 valence electrons. The van der Waals surface area contributed by atoms with Gasteiger partial charge in [-0.1, -0.05) is 36.7 Å². The molecule has 0 aromatic heterocycles. The summed E-state index contributed by atoms with van der Waals surface area (Å²) in [4.78, 5) is 0. The van der Waals surface area contributed by atoms with Gasteiger partial charge in [0.1, 0.15) is 11.5 Å². The van der Waals surface area contributed by atoms with Crippen molar-refractivity contribution in [3.63, 3.8) is 0 Å². The van der Waals surface area contributed by atoms with E-state index in [9.17, 15) is 0 Å². The molecule has 2 aromatic rings. The number of aryl methyl sites for hydroxylation is 2. The van der Waals surface area contributed by atoms with Crippen molar-refractivity contribution in [3.8, 4) is 11.5 Å². The van der Waals surface area contributed by atoms with E-state index in [-0.39, 0.29) is 6.04 Å². The average molecular weight is 290 g/mol. The maximum atomic E-state index is 6.15. The van der Waals surface area contributed by atoms with Crippen LogP contribution in [0.4, 0.5) is 0 Å². The number of para-hydroxylation sites is 1. The maximum absolute atomic E-state index is 6.15. The molecule has 2 aromatic carbocycles. The number of benzene rings is 2. The number of hydrogen-bond acceptors (Lipinski definition) is 2. The van der Waals surface area contributed by atoms with Crippen LogP contribution in [0.3, 0.4) is 0 Å². The van der Waals surface area contributed by atoms with Gasteiger partial charge in [-0.05, 0) is 49.6 Å². The number of nitrogens with two attached hydrogens (primary N) is 1. The third-order valence-corrected chi connectivity index (χ3v) is 3.61. The van der Waals surface area contributed by atoms with Crippen molar-refractivity contribution in [2.75, 3.05) is 0 Å². The zero-order valence-corrected chi connectivity index (χ0v) is 12.9. The summed E-state index contributed by atoms with van der Waals surface area (Å²) in [5.74, 6) is 1.67. The molecule has 0 amide bonds. The molecule has 0 saturated carbocycles. The number of halogens is 1. The lowest BCUT2D eigenvalue weighted by molar-refractivity contribution is 0.462. The first kappa shape index (κ1) is 14.9. The molecule has 2 nitrogen and oxygen atoms in total. The fourth-order valence-electron chi connectivity index (χ4n) is 2.27. The summed E-state index contributed by atoms with van der Waals surface area (Å²) in [5.41, 5.74) is 9.23. The molecular weight excluding hydrogens is 270 g/mol. The first-order valence-corrected chi connectivity index (χ1v) is 7.19. The second-order valence-corrected chi connectivity index (χ2v) is 5.46. The monoisotopic (exact) mass is 289 g/mol. The molecule has 0 unspecified atom stereocenters. The van der Waals surface area contributed by atoms with E-state index in [4.69, 9.17) is 22.1 Å². The summed E-state index contributed by atoms with van der Waals surface area (Å²) in [6.07, 6.45) is 0.874. The van der Waals surface area contributed by atoms with Crippen LogP contribution in [0.15, 0.2) is 36.4 Å². The van der Waals surface area contributed by atoms with E-state index in [0.29, 0.717) is 0 Å². The van der Waals surface area contributed by atoms with Gasteiger partial charge in [-0.25, -0.2) is 0 Å². The van der Waals surface area contributed by atoms with Crippen LogP contribution in [0.1, 0.15) is 36.1 Å². The minimum Gasteiger partial charge on any atom is -0.456 e. The highest BCUT2D eigenvalue weighted by Gasteiger charge is 2.13. The van der Waals surface area contributed by atoms with Crippen LogP contribution in [0.25, 0.3) is 0 Å². The lowest BCUT2D eigenvalue weighted by Gasteiger charge is -2.18.